The standard InChI is InChI=1S/C22H21BrNOSi/c1-21(2,3)25-22(26,17-12-8-5-9-13-17)20-18(14-15-19(23)24-20)16-10-6-4-7-11-16/h4-15H,1-3H3. The topological polar surface area (TPSA) is 22.1 Å². The SMILES string of the molecule is CC(C)(C)OC([Si])(c1ccccc1)c1nc(Br)ccc1-c1ccccc1. The Hall–Kier alpha value is -1.75. The number of aromatic nitrogens is 1. The summed E-state index contributed by atoms with van der Waals surface area (Å²) in [6, 6.07) is 24.4. The van der Waals surface area contributed by atoms with Crippen molar-refractivity contribution in [3.63, 3.8) is 0 Å². The number of hydrogen-bond acceptors (Lipinski definition) is 2. The normalized spacial score (nSPS) is 14.0. The van der Waals surface area contributed by atoms with Gasteiger partial charge in [-0.2, -0.15) is 0 Å². The average Bonchev–Trinajstić information content (AvgIpc) is 2.62. The Bertz CT molecular complexity index is 878. The van der Waals surface area contributed by atoms with Crippen LogP contribution in [-0.4, -0.2) is 20.8 Å². The van der Waals surface area contributed by atoms with Crippen LogP contribution in [0.15, 0.2) is 77.4 Å². The van der Waals surface area contributed by atoms with Gasteiger partial charge in [-0.05, 0) is 60.0 Å². The first-order valence-corrected chi connectivity index (χ1v) is 9.82. The van der Waals surface area contributed by atoms with Gasteiger partial charge in [-0.25, -0.2) is 4.98 Å². The number of pyridine rings is 1. The van der Waals surface area contributed by atoms with E-state index in [1.165, 1.54) is 0 Å². The highest BCUT2D eigenvalue weighted by atomic mass is 79.9. The third-order valence-corrected chi connectivity index (χ3v) is 4.99. The molecule has 0 aliphatic heterocycles. The van der Waals surface area contributed by atoms with E-state index in [0.717, 1.165) is 27.0 Å². The van der Waals surface area contributed by atoms with Crippen LogP contribution in [0.5, 0.6) is 0 Å². The Labute approximate surface area is 167 Å². The van der Waals surface area contributed by atoms with Crippen LogP contribution in [0.25, 0.3) is 11.1 Å². The van der Waals surface area contributed by atoms with Crippen molar-refractivity contribution in [3.05, 3.63) is 88.7 Å². The highest BCUT2D eigenvalue weighted by molar-refractivity contribution is 9.10. The fourth-order valence-electron chi connectivity index (χ4n) is 2.93. The molecule has 0 aliphatic carbocycles. The third kappa shape index (κ3) is 4.14. The molecular formula is C22H21BrNOSi. The zero-order valence-corrected chi connectivity index (χ0v) is 17.7. The summed E-state index contributed by atoms with van der Waals surface area (Å²) in [7, 11) is 3.98. The van der Waals surface area contributed by atoms with E-state index in [9.17, 15) is 0 Å². The lowest BCUT2D eigenvalue weighted by molar-refractivity contribution is -0.0701. The summed E-state index contributed by atoms with van der Waals surface area (Å²) in [6.07, 6.45) is 0. The van der Waals surface area contributed by atoms with E-state index >= 15 is 0 Å². The Morgan fingerprint density at radius 3 is 2.00 bits per heavy atom. The minimum atomic E-state index is -0.880. The molecule has 0 N–H and O–H groups in total. The largest absolute Gasteiger partial charge is 0.363 e. The van der Waals surface area contributed by atoms with Crippen LogP contribution in [0.4, 0.5) is 0 Å². The molecule has 0 amide bonds. The van der Waals surface area contributed by atoms with Gasteiger partial charge in [0.15, 0.2) is 0 Å². The highest BCUT2D eigenvalue weighted by Gasteiger charge is 2.38. The number of nitrogens with zero attached hydrogens (tertiary/aromatic N) is 1. The summed E-state index contributed by atoms with van der Waals surface area (Å²) < 4.78 is 7.31. The number of hydrogen-bond donors (Lipinski definition) is 0. The minimum Gasteiger partial charge on any atom is -0.363 e. The molecule has 3 radical (unpaired) electrons. The van der Waals surface area contributed by atoms with E-state index < -0.39 is 5.22 Å². The van der Waals surface area contributed by atoms with Crippen molar-refractivity contribution in [1.29, 1.82) is 0 Å². The van der Waals surface area contributed by atoms with E-state index in [1.54, 1.807) is 0 Å². The second-order valence-corrected chi connectivity index (χ2v) is 8.67. The van der Waals surface area contributed by atoms with Gasteiger partial charge in [0.2, 0.25) is 0 Å². The van der Waals surface area contributed by atoms with Gasteiger partial charge in [0, 0.05) is 5.56 Å². The summed E-state index contributed by atoms with van der Waals surface area (Å²) in [5, 5.41) is -0.880. The monoisotopic (exact) mass is 422 g/mol. The van der Waals surface area contributed by atoms with Crippen LogP contribution >= 0.6 is 15.9 Å². The van der Waals surface area contributed by atoms with E-state index in [2.05, 4.69) is 56.5 Å². The molecule has 0 spiro atoms. The number of halogens is 1. The van der Waals surface area contributed by atoms with Gasteiger partial charge in [-0.15, -0.1) is 0 Å². The van der Waals surface area contributed by atoms with Gasteiger partial charge >= 0.3 is 0 Å². The molecule has 2 aromatic carbocycles. The van der Waals surface area contributed by atoms with E-state index in [1.807, 2.05) is 63.2 Å². The summed E-state index contributed by atoms with van der Waals surface area (Å²) in [5.41, 5.74) is 3.55. The second-order valence-electron chi connectivity index (χ2n) is 7.16. The van der Waals surface area contributed by atoms with E-state index in [4.69, 9.17) is 9.72 Å². The first-order chi connectivity index (χ1) is 12.3. The lowest BCUT2D eigenvalue weighted by Gasteiger charge is -2.38. The van der Waals surface area contributed by atoms with Gasteiger partial charge in [0.25, 0.3) is 0 Å². The van der Waals surface area contributed by atoms with Crippen LogP contribution in [0.2, 0.25) is 0 Å². The molecule has 4 heteroatoms. The molecule has 0 bridgehead atoms. The number of rotatable bonds is 4. The zero-order valence-electron chi connectivity index (χ0n) is 15.2. The average molecular weight is 423 g/mol. The second kappa shape index (κ2) is 7.47. The Morgan fingerprint density at radius 1 is 0.846 bits per heavy atom. The molecule has 0 saturated carbocycles. The fourth-order valence-corrected chi connectivity index (χ4v) is 3.90. The van der Waals surface area contributed by atoms with Crippen LogP contribution in [0.3, 0.4) is 0 Å². The molecule has 3 rings (SSSR count). The molecule has 2 nitrogen and oxygen atoms in total. The molecular weight excluding hydrogens is 402 g/mol. The molecule has 3 aromatic rings. The van der Waals surface area contributed by atoms with Gasteiger partial charge in [0.05, 0.1) is 21.5 Å². The summed E-state index contributed by atoms with van der Waals surface area (Å²) >= 11 is 3.53. The maximum Gasteiger partial charge on any atom is 0.117 e. The van der Waals surface area contributed by atoms with Gasteiger partial charge < -0.3 is 4.74 Å². The first kappa shape index (κ1) is 19.0. The molecule has 0 fully saturated rings. The maximum atomic E-state index is 6.54. The molecule has 1 unspecified atom stereocenters. The van der Waals surface area contributed by atoms with Crippen molar-refractivity contribution in [2.75, 3.05) is 0 Å². The Kier molecular flexibility index (Phi) is 5.46. The van der Waals surface area contributed by atoms with Crippen molar-refractivity contribution >= 4 is 26.2 Å². The van der Waals surface area contributed by atoms with Crippen molar-refractivity contribution in [2.24, 2.45) is 0 Å². The lowest BCUT2D eigenvalue weighted by atomic mass is 9.95. The first-order valence-electron chi connectivity index (χ1n) is 8.53. The van der Waals surface area contributed by atoms with Crippen molar-refractivity contribution in [2.45, 2.75) is 31.6 Å². The summed E-state index contributed by atoms with van der Waals surface area (Å²) in [4.78, 5) is 4.83. The van der Waals surface area contributed by atoms with Crippen LogP contribution in [-0.2, 0) is 9.96 Å². The molecule has 0 aliphatic rings. The highest BCUT2D eigenvalue weighted by Crippen LogP contribution is 2.39. The van der Waals surface area contributed by atoms with Crippen LogP contribution in [0.1, 0.15) is 32.0 Å². The molecule has 0 saturated heterocycles. The van der Waals surface area contributed by atoms with Gasteiger partial charge in [-0.1, -0.05) is 60.7 Å². The molecule has 26 heavy (non-hydrogen) atoms. The fraction of sp³-hybridized carbons (Fsp3) is 0.227. The molecule has 1 atom stereocenters. The van der Waals surface area contributed by atoms with Crippen molar-refractivity contribution in [3.8, 4) is 11.1 Å². The predicted octanol–water partition coefficient (Wildman–Crippen LogP) is 5.70. The quantitative estimate of drug-likeness (QED) is 0.397. The smallest absolute Gasteiger partial charge is 0.117 e. The Morgan fingerprint density at radius 2 is 1.42 bits per heavy atom. The number of benzene rings is 2. The van der Waals surface area contributed by atoms with Gasteiger partial charge in [-0.3, -0.25) is 0 Å². The maximum absolute atomic E-state index is 6.54. The summed E-state index contributed by atoms with van der Waals surface area (Å²) in [5.74, 6) is 0. The van der Waals surface area contributed by atoms with E-state index in [0.29, 0.717) is 0 Å². The van der Waals surface area contributed by atoms with Gasteiger partial charge in [0.1, 0.15) is 9.83 Å². The van der Waals surface area contributed by atoms with Crippen molar-refractivity contribution < 1.29 is 4.74 Å². The van der Waals surface area contributed by atoms with E-state index in [-0.39, 0.29) is 5.60 Å². The van der Waals surface area contributed by atoms with Crippen LogP contribution in [0, 0.1) is 0 Å². The number of ether oxygens (including phenoxy) is 1. The molecule has 1 heterocycles. The van der Waals surface area contributed by atoms with Crippen LogP contribution < -0.4 is 0 Å². The zero-order chi connectivity index (χ0) is 18.8. The lowest BCUT2D eigenvalue weighted by Crippen LogP contribution is -2.40. The Balaban J connectivity index is 2.27. The minimum absolute atomic E-state index is 0.379. The van der Waals surface area contributed by atoms with Crippen molar-refractivity contribution in [1.82, 2.24) is 4.98 Å². The molecule has 1 aromatic heterocycles. The molecule has 131 valence electrons. The predicted molar refractivity (Wildman–Crippen MR) is 111 cm³/mol. The third-order valence-electron chi connectivity index (χ3n) is 3.92. The summed E-state index contributed by atoms with van der Waals surface area (Å²) in [6.45, 7) is 6.14.